The van der Waals surface area contributed by atoms with Gasteiger partial charge in [0.25, 0.3) is 5.91 Å². The number of piperazine rings is 2. The summed E-state index contributed by atoms with van der Waals surface area (Å²) in [6.45, 7) is 29.6. The first kappa shape index (κ1) is 60.2. The third-order valence-corrected chi connectivity index (χ3v) is 27.9. The zero-order chi connectivity index (χ0) is 61.6. The Kier molecular flexibility index (Phi) is 15.9. The second-order valence-corrected chi connectivity index (χ2v) is 35.0. The number of pyridine rings is 1. The molecule has 6 aliphatic heterocycles. The number of nitrogens with zero attached hydrogens (tertiary/aromatic N) is 9. The Morgan fingerprint density at radius 1 is 0.818 bits per heavy atom. The number of hydrogen-bond donors (Lipinski definition) is 1. The fourth-order valence-electron chi connectivity index (χ4n) is 16.9. The minimum absolute atomic E-state index is 0.0255. The molecule has 2 saturated carbocycles. The summed E-state index contributed by atoms with van der Waals surface area (Å²) < 4.78 is 30.6. The van der Waals surface area contributed by atoms with Crippen LogP contribution in [0.5, 0.6) is 6.01 Å². The standard InChI is InChI=1S/C70H89FN10O6Si/c1-44(2)88(45(3)4,46(5)6)33-22-49-13-10-12-48-14-11-15-55(59(48)49)61-60(71)62-56(37-72-61)63(79-40-52-16-17-53(41-79)81(52)67(85)87-68(7,8)9)75-66(74-62)86-43-70(23-24-70)42-77-27-25-69(26-28-77)35-47(36-69)38-76-29-31-78(32-30-76)51-18-19-54-50(34-51)39-80(65(54)84)57-20-21-58(82)73-64(57)83/h10-15,18-19,34,37,44-47,52-53,57H,16-17,20-21,23-32,35-36,38-43H2,1-9H3,(H,73,82,83)/t52?,53?,57-/m0/s1. The third kappa shape index (κ3) is 11.4. The van der Waals surface area contributed by atoms with Crippen molar-refractivity contribution < 1.29 is 33.0 Å². The van der Waals surface area contributed by atoms with Crippen molar-refractivity contribution >= 4 is 65.1 Å². The van der Waals surface area contributed by atoms with E-state index in [1.807, 2.05) is 56.0 Å². The van der Waals surface area contributed by atoms with Crippen LogP contribution < -0.4 is 19.9 Å². The summed E-state index contributed by atoms with van der Waals surface area (Å²) in [6, 6.07) is 17.6. The van der Waals surface area contributed by atoms with E-state index in [1.165, 1.54) is 25.7 Å². The van der Waals surface area contributed by atoms with Crippen LogP contribution in [-0.4, -0.2) is 162 Å². The molecule has 5 aromatic rings. The lowest BCUT2D eigenvalue weighted by atomic mass is 9.57. The van der Waals surface area contributed by atoms with Crippen LogP contribution in [0.15, 0.2) is 60.8 Å². The molecule has 13 rings (SSSR count). The van der Waals surface area contributed by atoms with Crippen molar-refractivity contribution in [3.63, 3.8) is 0 Å². The maximum atomic E-state index is 18.0. The van der Waals surface area contributed by atoms with Gasteiger partial charge in [0.2, 0.25) is 11.8 Å². The van der Waals surface area contributed by atoms with Crippen LogP contribution in [0.1, 0.15) is 148 Å². The highest BCUT2D eigenvalue weighted by Gasteiger charge is 2.51. The van der Waals surface area contributed by atoms with E-state index in [0.717, 1.165) is 106 Å². The van der Waals surface area contributed by atoms with E-state index in [-0.39, 0.29) is 65.0 Å². The van der Waals surface area contributed by atoms with Crippen molar-refractivity contribution in [3.8, 4) is 28.7 Å². The highest BCUT2D eigenvalue weighted by atomic mass is 28.3. The highest BCUT2D eigenvalue weighted by Crippen LogP contribution is 2.54. The third-order valence-electron chi connectivity index (χ3n) is 21.6. The molecule has 8 aliphatic rings. The number of halogens is 1. The average molecular weight is 1210 g/mol. The van der Waals surface area contributed by atoms with Gasteiger partial charge in [0, 0.05) is 105 Å². The first-order chi connectivity index (χ1) is 42.1. The van der Waals surface area contributed by atoms with E-state index in [2.05, 4.69) is 102 Å². The molecule has 2 aromatic heterocycles. The second kappa shape index (κ2) is 23.3. The quantitative estimate of drug-likeness (QED) is 0.0637. The Bertz CT molecular complexity index is 3580. The van der Waals surface area contributed by atoms with Crippen molar-refractivity contribution in [2.45, 2.75) is 173 Å². The Labute approximate surface area is 519 Å². The fraction of sp³-hybridized carbons (Fsp3) is 0.586. The predicted molar refractivity (Wildman–Crippen MR) is 344 cm³/mol. The molecule has 18 heteroatoms. The van der Waals surface area contributed by atoms with Gasteiger partial charge in [-0.15, -0.1) is 5.54 Å². The van der Waals surface area contributed by atoms with Crippen LogP contribution in [0.25, 0.3) is 32.9 Å². The van der Waals surface area contributed by atoms with Gasteiger partial charge in [-0.2, -0.15) is 9.97 Å². The van der Waals surface area contributed by atoms with Crippen LogP contribution in [0.3, 0.4) is 0 Å². The normalized spacial score (nSPS) is 23.1. The zero-order valence-corrected chi connectivity index (χ0v) is 54.2. The molecular weight excluding hydrogens is 1120 g/mol. The molecule has 5 saturated heterocycles. The number of imide groups is 1. The molecule has 2 unspecified atom stereocenters. The van der Waals surface area contributed by atoms with E-state index in [1.54, 1.807) is 11.1 Å². The van der Waals surface area contributed by atoms with Gasteiger partial charge in [-0.25, -0.2) is 9.18 Å². The van der Waals surface area contributed by atoms with Gasteiger partial charge in [0.15, 0.2) is 5.82 Å². The molecule has 7 fully saturated rings. The molecular formula is C70H89FN10O6Si. The summed E-state index contributed by atoms with van der Waals surface area (Å²) in [4.78, 5) is 79.8. The number of anilines is 2. The molecule has 88 heavy (non-hydrogen) atoms. The highest BCUT2D eigenvalue weighted by molar-refractivity contribution is 6.90. The van der Waals surface area contributed by atoms with Crippen LogP contribution in [-0.2, 0) is 20.9 Å². The zero-order valence-electron chi connectivity index (χ0n) is 53.2. The number of rotatable bonds is 14. The number of benzene rings is 3. The van der Waals surface area contributed by atoms with E-state index < -0.39 is 25.5 Å². The Morgan fingerprint density at radius 2 is 1.51 bits per heavy atom. The van der Waals surface area contributed by atoms with Gasteiger partial charge in [0.1, 0.15) is 36.7 Å². The van der Waals surface area contributed by atoms with E-state index >= 15 is 4.39 Å². The van der Waals surface area contributed by atoms with Gasteiger partial charge < -0.3 is 29.1 Å². The summed E-state index contributed by atoms with van der Waals surface area (Å²) in [5.74, 6) is 3.67. The largest absolute Gasteiger partial charge is 0.463 e. The summed E-state index contributed by atoms with van der Waals surface area (Å²) in [5, 5.41) is 4.77. The first-order valence-electron chi connectivity index (χ1n) is 32.9. The minimum atomic E-state index is -2.10. The second-order valence-electron chi connectivity index (χ2n) is 29.4. The SMILES string of the molecule is CC(C)[Si](C#Cc1cccc2cccc(-c3ncc4c(N5CC6CCC(C5)N6C(=O)OC(C)(C)C)nc(OCC5(CN6CCC7(CC6)CC(CN6CCN(c8ccc9c(c8)CN([C@H]8CCC(=O)NC8=O)C9=O)CC6)C7)CC5)nc4c3F)c12)(C(C)C)C(C)C. The number of ether oxygens (including phenoxy) is 2. The molecule has 0 radical (unpaired) electrons. The monoisotopic (exact) mass is 1210 g/mol. The summed E-state index contributed by atoms with van der Waals surface area (Å²) in [7, 11) is -2.10. The molecule has 3 atom stereocenters. The predicted octanol–water partition coefficient (Wildman–Crippen LogP) is 11.4. The van der Waals surface area contributed by atoms with E-state index in [9.17, 15) is 19.2 Å². The lowest BCUT2D eigenvalue weighted by Crippen LogP contribution is -2.57. The number of carbonyl (C=O) groups excluding carboxylic acids is 4. The lowest BCUT2D eigenvalue weighted by Gasteiger charge is -2.54. The summed E-state index contributed by atoms with van der Waals surface area (Å²) in [5.41, 5.74) is 9.74. The smallest absolute Gasteiger partial charge is 0.410 e. The summed E-state index contributed by atoms with van der Waals surface area (Å²) in [6.07, 6.45) is 10.9. The molecule has 2 bridgehead atoms. The maximum Gasteiger partial charge on any atom is 0.410 e. The van der Waals surface area contributed by atoms with Gasteiger partial charge in [-0.3, -0.25) is 34.5 Å². The van der Waals surface area contributed by atoms with Crippen LogP contribution in [0.2, 0.25) is 16.6 Å². The molecule has 4 amide bonds. The van der Waals surface area contributed by atoms with Gasteiger partial charge in [-0.05, 0) is 155 Å². The van der Waals surface area contributed by atoms with Gasteiger partial charge in [0.05, 0.1) is 24.1 Å². The maximum absolute atomic E-state index is 18.0. The van der Waals surface area contributed by atoms with E-state index in [0.29, 0.717) is 82.9 Å². The topological polar surface area (TPSA) is 157 Å². The molecule has 1 N–H and O–H groups in total. The number of piperidine rings is 2. The Hall–Kier alpha value is -6.68. The van der Waals surface area contributed by atoms with Crippen molar-refractivity contribution in [1.82, 2.24) is 39.9 Å². The number of carbonyl (C=O) groups is 4. The molecule has 1 spiro atoms. The van der Waals surface area contributed by atoms with Crippen LogP contribution >= 0.6 is 0 Å². The van der Waals surface area contributed by atoms with E-state index in [4.69, 9.17) is 24.4 Å². The van der Waals surface area contributed by atoms with Gasteiger partial charge in [-0.1, -0.05) is 77.8 Å². The number of likely N-dealkylation sites (tertiary alicyclic amines) is 1. The Morgan fingerprint density at radius 3 is 2.17 bits per heavy atom. The first-order valence-corrected chi connectivity index (χ1v) is 35.1. The molecule has 16 nitrogen and oxygen atoms in total. The summed E-state index contributed by atoms with van der Waals surface area (Å²) >= 11 is 0. The van der Waals surface area contributed by atoms with Crippen molar-refractivity contribution in [1.29, 1.82) is 0 Å². The van der Waals surface area contributed by atoms with Crippen molar-refractivity contribution in [2.75, 3.05) is 81.9 Å². The van der Waals surface area contributed by atoms with Gasteiger partial charge >= 0.3 is 12.1 Å². The van der Waals surface area contributed by atoms with Crippen molar-refractivity contribution in [2.24, 2.45) is 16.7 Å². The lowest BCUT2D eigenvalue weighted by molar-refractivity contribution is -0.136. The Balaban J connectivity index is 0.672. The molecule has 466 valence electrons. The van der Waals surface area contributed by atoms with Crippen LogP contribution in [0.4, 0.5) is 20.7 Å². The van der Waals surface area contributed by atoms with Crippen molar-refractivity contribution in [3.05, 3.63) is 83.3 Å². The molecule has 3 aromatic carbocycles. The average Bonchev–Trinajstić information content (AvgIpc) is 1.11. The minimum Gasteiger partial charge on any atom is -0.463 e. The fourth-order valence-corrected chi connectivity index (χ4v) is 22.1. The number of hydrogen-bond acceptors (Lipinski definition) is 13. The number of aromatic nitrogens is 3. The number of fused-ring (bicyclic) bond motifs is 5. The number of amides is 4. The number of nitrogens with one attached hydrogen (secondary N) is 1. The molecule has 8 heterocycles. The molecule has 2 aliphatic carbocycles. The van der Waals surface area contributed by atoms with Crippen LogP contribution in [0, 0.1) is 34.0 Å².